The molecule has 1 aliphatic rings. The van der Waals surface area contributed by atoms with E-state index in [1.807, 2.05) is 6.08 Å². The minimum absolute atomic E-state index is 0.182. The van der Waals surface area contributed by atoms with Gasteiger partial charge in [0.25, 0.3) is 0 Å². The van der Waals surface area contributed by atoms with E-state index in [1.54, 1.807) is 0 Å². The summed E-state index contributed by atoms with van der Waals surface area (Å²) >= 11 is 0. The minimum atomic E-state index is 0.182. The molecule has 0 bridgehead atoms. The Hall–Kier alpha value is -1.82. The lowest BCUT2D eigenvalue weighted by atomic mass is 9.77. The van der Waals surface area contributed by atoms with Crippen molar-refractivity contribution < 1.29 is 0 Å². The molecule has 0 heteroatoms. The van der Waals surface area contributed by atoms with E-state index in [-0.39, 0.29) is 10.8 Å². The third-order valence-electron chi connectivity index (χ3n) is 4.33. The van der Waals surface area contributed by atoms with E-state index >= 15 is 0 Å². The van der Waals surface area contributed by atoms with Crippen molar-refractivity contribution in [2.75, 3.05) is 0 Å². The molecule has 1 radical (unpaired) electrons. The standard InChI is InChI=1S/C23H29/c1-8-21(17-9-13-19(14-10-17)22(2,3)4)18-11-15-20(16-12-18)23(5,6)7/h8-16H,1H2,2-7H3. The van der Waals surface area contributed by atoms with Gasteiger partial charge in [-0.05, 0) is 33.1 Å². The van der Waals surface area contributed by atoms with Gasteiger partial charge < -0.3 is 0 Å². The van der Waals surface area contributed by atoms with Crippen LogP contribution >= 0.6 is 0 Å². The number of rotatable bonds is 2. The van der Waals surface area contributed by atoms with Gasteiger partial charge in [0, 0.05) is 5.92 Å². The molecule has 1 aromatic rings. The second-order valence-electron chi connectivity index (χ2n) is 8.27. The third kappa shape index (κ3) is 4.13. The fourth-order valence-electron chi connectivity index (χ4n) is 2.70. The molecule has 0 saturated carbocycles. The summed E-state index contributed by atoms with van der Waals surface area (Å²) in [5.41, 5.74) is 5.34. The third-order valence-corrected chi connectivity index (χ3v) is 4.33. The van der Waals surface area contributed by atoms with Gasteiger partial charge in [-0.3, -0.25) is 0 Å². The highest BCUT2D eigenvalue weighted by atomic mass is 14.3. The first-order chi connectivity index (χ1) is 10.6. The molecule has 121 valence electrons. The zero-order valence-corrected chi connectivity index (χ0v) is 15.4. The molecule has 0 spiro atoms. The van der Waals surface area contributed by atoms with Gasteiger partial charge in [0.05, 0.1) is 0 Å². The molecule has 0 heterocycles. The summed E-state index contributed by atoms with van der Waals surface area (Å²) in [5.74, 6) is 1.35. The molecule has 0 N–H and O–H groups in total. The van der Waals surface area contributed by atoms with Crippen LogP contribution in [-0.4, -0.2) is 0 Å². The summed E-state index contributed by atoms with van der Waals surface area (Å²) in [6, 6.07) is 8.86. The van der Waals surface area contributed by atoms with Crippen molar-refractivity contribution in [2.45, 2.75) is 47.0 Å². The van der Waals surface area contributed by atoms with E-state index in [0.717, 1.165) is 0 Å². The Labute approximate surface area is 142 Å². The molecule has 0 unspecified atom stereocenters. The van der Waals surface area contributed by atoms with E-state index in [0.29, 0.717) is 0 Å². The number of allylic oxidation sites excluding steroid dienone is 7. The molecule has 2 rings (SSSR count). The molecular weight excluding hydrogens is 276 g/mol. The van der Waals surface area contributed by atoms with Crippen molar-refractivity contribution in [3.8, 4) is 0 Å². The Bertz CT molecular complexity index is 633. The Morgan fingerprint density at radius 2 is 1.30 bits per heavy atom. The van der Waals surface area contributed by atoms with E-state index < -0.39 is 0 Å². The van der Waals surface area contributed by atoms with Gasteiger partial charge in [0.1, 0.15) is 0 Å². The summed E-state index contributed by atoms with van der Waals surface area (Å²) in [4.78, 5) is 0. The van der Waals surface area contributed by atoms with Gasteiger partial charge in [-0.15, -0.1) is 0 Å². The van der Waals surface area contributed by atoms with Gasteiger partial charge in [-0.2, -0.15) is 0 Å². The molecule has 23 heavy (non-hydrogen) atoms. The number of benzene rings is 1. The van der Waals surface area contributed by atoms with Crippen molar-refractivity contribution in [2.24, 2.45) is 5.41 Å². The monoisotopic (exact) mass is 305 g/mol. The number of hydrogen-bond acceptors (Lipinski definition) is 0. The zero-order chi connectivity index (χ0) is 17.3. The summed E-state index contributed by atoms with van der Waals surface area (Å²) in [5, 5.41) is 0. The minimum Gasteiger partial charge on any atom is -0.0984 e. The van der Waals surface area contributed by atoms with Crippen molar-refractivity contribution in [3.05, 3.63) is 83.8 Å². The predicted molar refractivity (Wildman–Crippen MR) is 103 cm³/mol. The molecule has 0 atom stereocenters. The van der Waals surface area contributed by atoms with Crippen LogP contribution in [0.15, 0.2) is 66.8 Å². The lowest BCUT2D eigenvalue weighted by molar-refractivity contribution is 0.473. The Kier molecular flexibility index (Phi) is 4.84. The van der Waals surface area contributed by atoms with E-state index in [9.17, 15) is 0 Å². The molecule has 0 aliphatic heterocycles. The highest BCUT2D eigenvalue weighted by Gasteiger charge is 2.22. The second kappa shape index (κ2) is 6.35. The number of hydrogen-bond donors (Lipinski definition) is 0. The fraction of sp³-hybridized carbons (Fsp3) is 0.348. The second-order valence-corrected chi connectivity index (χ2v) is 8.27. The summed E-state index contributed by atoms with van der Waals surface area (Å²) in [6.07, 6.45) is 10.8. The summed E-state index contributed by atoms with van der Waals surface area (Å²) in [7, 11) is 0. The molecule has 0 nitrogen and oxygen atoms in total. The maximum absolute atomic E-state index is 4.02. The van der Waals surface area contributed by atoms with E-state index in [1.165, 1.54) is 28.2 Å². The molecule has 0 aromatic heterocycles. The van der Waals surface area contributed by atoms with Crippen molar-refractivity contribution in [1.29, 1.82) is 0 Å². The predicted octanol–water partition coefficient (Wildman–Crippen LogP) is 6.67. The van der Waals surface area contributed by atoms with Crippen molar-refractivity contribution in [3.63, 3.8) is 0 Å². The summed E-state index contributed by atoms with van der Waals surface area (Å²) < 4.78 is 0. The molecule has 0 fully saturated rings. The Balaban J connectivity index is 2.34. The first-order valence-corrected chi connectivity index (χ1v) is 8.34. The highest BCUT2D eigenvalue weighted by Crippen LogP contribution is 2.35. The average molecular weight is 305 g/mol. The maximum atomic E-state index is 4.02. The fourth-order valence-corrected chi connectivity index (χ4v) is 2.70. The Morgan fingerprint density at radius 3 is 1.70 bits per heavy atom. The van der Waals surface area contributed by atoms with E-state index in [4.69, 9.17) is 0 Å². The van der Waals surface area contributed by atoms with Gasteiger partial charge in [-0.1, -0.05) is 103 Å². The highest BCUT2D eigenvalue weighted by molar-refractivity contribution is 5.81. The largest absolute Gasteiger partial charge is 0.0984 e. The maximum Gasteiger partial charge on any atom is 0.0247 e. The van der Waals surface area contributed by atoms with Gasteiger partial charge in [0.15, 0.2) is 0 Å². The van der Waals surface area contributed by atoms with Crippen LogP contribution in [0.5, 0.6) is 0 Å². The smallest absolute Gasteiger partial charge is 0.0247 e. The average Bonchev–Trinajstić information content (AvgIpc) is 2.47. The first-order valence-electron chi connectivity index (χ1n) is 8.34. The van der Waals surface area contributed by atoms with Gasteiger partial charge >= 0.3 is 0 Å². The molecule has 0 amide bonds. The van der Waals surface area contributed by atoms with E-state index in [2.05, 4.69) is 96.7 Å². The lowest BCUT2D eigenvalue weighted by Crippen LogP contribution is -2.15. The van der Waals surface area contributed by atoms with Crippen LogP contribution in [0.3, 0.4) is 0 Å². The van der Waals surface area contributed by atoms with Crippen LogP contribution < -0.4 is 0 Å². The molecule has 1 aromatic carbocycles. The van der Waals surface area contributed by atoms with Gasteiger partial charge in [0.2, 0.25) is 0 Å². The van der Waals surface area contributed by atoms with Crippen LogP contribution in [0.4, 0.5) is 0 Å². The van der Waals surface area contributed by atoms with Gasteiger partial charge in [-0.25, -0.2) is 0 Å². The Morgan fingerprint density at radius 1 is 0.783 bits per heavy atom. The summed E-state index contributed by atoms with van der Waals surface area (Å²) in [6.45, 7) is 17.5. The van der Waals surface area contributed by atoms with Crippen LogP contribution in [-0.2, 0) is 5.41 Å². The van der Waals surface area contributed by atoms with Crippen LogP contribution in [0.2, 0.25) is 0 Å². The van der Waals surface area contributed by atoms with Crippen LogP contribution in [0, 0.1) is 11.3 Å². The first kappa shape index (κ1) is 17.5. The molecule has 0 saturated heterocycles. The molecular formula is C23H29. The lowest BCUT2D eigenvalue weighted by Gasteiger charge is -2.26. The normalized spacial score (nSPS) is 15.8. The quantitative estimate of drug-likeness (QED) is 0.572. The van der Waals surface area contributed by atoms with Crippen LogP contribution in [0.25, 0.3) is 5.57 Å². The topological polar surface area (TPSA) is 0 Å². The van der Waals surface area contributed by atoms with Crippen molar-refractivity contribution >= 4 is 5.57 Å². The zero-order valence-electron chi connectivity index (χ0n) is 15.4. The molecule has 1 aliphatic carbocycles. The van der Waals surface area contributed by atoms with Crippen molar-refractivity contribution in [1.82, 2.24) is 0 Å². The SMILES string of the molecule is C=CC(=C1C=C[C](C(C)(C)C)C=C1)c1ccc(C(C)(C)C)cc1. The van der Waals surface area contributed by atoms with Crippen LogP contribution in [0.1, 0.15) is 52.7 Å².